The Morgan fingerprint density at radius 3 is 1.62 bits per heavy atom. The molecule has 0 radical (unpaired) electrons. The molecule has 0 aliphatic rings. The highest BCUT2D eigenvalue weighted by Crippen LogP contribution is 2.44. The van der Waals surface area contributed by atoms with E-state index in [9.17, 15) is 31.6 Å². The monoisotopic (exact) mass is 749 g/mol. The van der Waals surface area contributed by atoms with Gasteiger partial charge in [0.25, 0.3) is 0 Å². The topological polar surface area (TPSA) is 33.6 Å². The SMILES string of the molecule is Cc1cc(-c2ccc(-c3ccc(C#N)cc3-n3c4ccccc4c4cc(C(F)(F)F)ccc43)c(-n3c4ccccc4c4cc(C)ccc43)c2)cc(C(F)(F)F)c1. The summed E-state index contributed by atoms with van der Waals surface area (Å²) in [5.41, 5.74) is 6.76. The van der Waals surface area contributed by atoms with Crippen LogP contribution in [0.15, 0.2) is 140 Å². The highest BCUT2D eigenvalue weighted by Gasteiger charge is 2.32. The normalized spacial score (nSPS) is 12.3. The summed E-state index contributed by atoms with van der Waals surface area (Å²) in [7, 11) is 0. The van der Waals surface area contributed by atoms with Crippen LogP contribution in [0, 0.1) is 25.2 Å². The summed E-state index contributed by atoms with van der Waals surface area (Å²) in [6.07, 6.45) is -9.10. The van der Waals surface area contributed by atoms with E-state index >= 15 is 0 Å². The number of fused-ring (bicyclic) bond motifs is 6. The van der Waals surface area contributed by atoms with Crippen molar-refractivity contribution in [2.24, 2.45) is 0 Å². The van der Waals surface area contributed by atoms with Crippen molar-refractivity contribution in [3.05, 3.63) is 167 Å². The number of benzene rings is 7. The van der Waals surface area contributed by atoms with E-state index in [0.717, 1.165) is 51.6 Å². The molecule has 0 N–H and O–H groups in total. The molecule has 0 saturated carbocycles. The number of hydrogen-bond acceptors (Lipinski definition) is 1. The van der Waals surface area contributed by atoms with Crippen molar-refractivity contribution in [1.82, 2.24) is 9.13 Å². The third kappa shape index (κ3) is 5.68. The summed E-state index contributed by atoms with van der Waals surface area (Å²) in [5, 5.41) is 13.1. The molecule has 9 rings (SSSR count). The van der Waals surface area contributed by atoms with E-state index in [0.29, 0.717) is 66.6 Å². The zero-order valence-corrected chi connectivity index (χ0v) is 29.9. The van der Waals surface area contributed by atoms with Gasteiger partial charge < -0.3 is 9.13 Å². The zero-order chi connectivity index (χ0) is 39.1. The first-order chi connectivity index (χ1) is 26.8. The molecule has 274 valence electrons. The lowest BCUT2D eigenvalue weighted by molar-refractivity contribution is -0.138. The minimum Gasteiger partial charge on any atom is -0.309 e. The predicted octanol–water partition coefficient (Wildman–Crippen LogP) is 13.7. The van der Waals surface area contributed by atoms with Crippen molar-refractivity contribution >= 4 is 43.6 Å². The highest BCUT2D eigenvalue weighted by molar-refractivity contribution is 6.12. The number of para-hydroxylation sites is 2. The predicted molar refractivity (Wildman–Crippen MR) is 210 cm³/mol. The minimum atomic E-state index is -4.56. The van der Waals surface area contributed by atoms with Gasteiger partial charge in [0.15, 0.2) is 0 Å². The Hall–Kier alpha value is -6.79. The maximum atomic E-state index is 14.1. The zero-order valence-electron chi connectivity index (χ0n) is 29.9. The Kier molecular flexibility index (Phi) is 7.89. The van der Waals surface area contributed by atoms with Crippen LogP contribution in [0.2, 0.25) is 0 Å². The highest BCUT2D eigenvalue weighted by atomic mass is 19.4. The Bertz CT molecular complexity index is 3100. The number of aryl methyl sites for hydroxylation is 2. The number of aromatic nitrogens is 2. The van der Waals surface area contributed by atoms with Crippen LogP contribution in [0.1, 0.15) is 27.8 Å². The molecule has 0 atom stereocenters. The van der Waals surface area contributed by atoms with Crippen LogP contribution < -0.4 is 0 Å². The largest absolute Gasteiger partial charge is 0.416 e. The number of rotatable bonds is 4. The van der Waals surface area contributed by atoms with Crippen LogP contribution in [0.4, 0.5) is 26.3 Å². The Balaban J connectivity index is 1.40. The smallest absolute Gasteiger partial charge is 0.309 e. The molecule has 7 aromatic carbocycles. The summed E-state index contributed by atoms with van der Waals surface area (Å²) in [6.45, 7) is 3.65. The second kappa shape index (κ2) is 12.6. The first kappa shape index (κ1) is 34.9. The molecule has 0 aliphatic heterocycles. The summed E-state index contributed by atoms with van der Waals surface area (Å²) in [5.74, 6) is 0. The van der Waals surface area contributed by atoms with Gasteiger partial charge in [-0.15, -0.1) is 0 Å². The molecule has 2 aromatic heterocycles. The standard InChI is InChI=1S/C47H29F6N3/c1-27-11-17-42-38(21-27)34-7-3-5-9-40(34)56(42)45-24-30(31-19-28(2)20-33(23-31)47(51,52)53)13-16-37(45)36-15-12-29(26-54)22-44(36)55-41-10-6-4-8-35(41)39-25-32(46(48,49)50)14-18-43(39)55/h3-25H,1-2H3. The molecule has 56 heavy (non-hydrogen) atoms. The molecule has 0 amide bonds. The lowest BCUT2D eigenvalue weighted by Crippen LogP contribution is -2.06. The molecule has 2 heterocycles. The second-order valence-corrected chi connectivity index (χ2v) is 14.1. The number of hydrogen-bond donors (Lipinski definition) is 0. The molecule has 3 nitrogen and oxygen atoms in total. The molecule has 0 unspecified atom stereocenters. The van der Waals surface area contributed by atoms with E-state index in [1.165, 1.54) is 6.07 Å². The molecule has 0 aliphatic carbocycles. The fourth-order valence-corrected chi connectivity index (χ4v) is 8.01. The van der Waals surface area contributed by atoms with Gasteiger partial charge >= 0.3 is 12.4 Å². The molecule has 9 heteroatoms. The van der Waals surface area contributed by atoms with Crippen LogP contribution in [-0.4, -0.2) is 9.13 Å². The molecule has 0 fully saturated rings. The molecule has 0 bridgehead atoms. The lowest BCUT2D eigenvalue weighted by Gasteiger charge is -2.20. The van der Waals surface area contributed by atoms with Gasteiger partial charge in [-0.1, -0.05) is 72.3 Å². The van der Waals surface area contributed by atoms with E-state index in [4.69, 9.17) is 0 Å². The third-order valence-corrected chi connectivity index (χ3v) is 10.5. The second-order valence-electron chi connectivity index (χ2n) is 14.1. The van der Waals surface area contributed by atoms with Gasteiger partial charge in [-0.25, -0.2) is 0 Å². The molecule has 0 spiro atoms. The van der Waals surface area contributed by atoms with Crippen LogP contribution >= 0.6 is 0 Å². The fraction of sp³-hybridized carbons (Fsp3) is 0.0851. The van der Waals surface area contributed by atoms with Crippen LogP contribution in [0.5, 0.6) is 0 Å². The van der Waals surface area contributed by atoms with E-state index in [1.54, 1.807) is 43.3 Å². The van der Waals surface area contributed by atoms with Crippen LogP contribution in [0.3, 0.4) is 0 Å². The lowest BCUT2D eigenvalue weighted by atomic mass is 9.94. The summed E-state index contributed by atoms with van der Waals surface area (Å²) >= 11 is 0. The van der Waals surface area contributed by atoms with E-state index in [-0.39, 0.29) is 0 Å². The van der Waals surface area contributed by atoms with Crippen LogP contribution in [-0.2, 0) is 12.4 Å². The van der Waals surface area contributed by atoms with Crippen molar-refractivity contribution < 1.29 is 26.3 Å². The summed E-state index contributed by atoms with van der Waals surface area (Å²) in [4.78, 5) is 0. The Labute approximate surface area is 316 Å². The summed E-state index contributed by atoms with van der Waals surface area (Å²) in [6, 6.07) is 42.0. The average molecular weight is 750 g/mol. The third-order valence-electron chi connectivity index (χ3n) is 10.5. The summed E-state index contributed by atoms with van der Waals surface area (Å²) < 4.78 is 88.3. The van der Waals surface area contributed by atoms with Crippen molar-refractivity contribution in [2.45, 2.75) is 26.2 Å². The fourth-order valence-electron chi connectivity index (χ4n) is 8.01. The van der Waals surface area contributed by atoms with Gasteiger partial charge in [0.05, 0.1) is 56.2 Å². The average Bonchev–Trinajstić information content (AvgIpc) is 3.68. The molecular weight excluding hydrogens is 721 g/mol. The van der Waals surface area contributed by atoms with Crippen molar-refractivity contribution in [3.8, 4) is 39.7 Å². The van der Waals surface area contributed by atoms with Gasteiger partial charge in [0.2, 0.25) is 0 Å². The minimum absolute atomic E-state index is 0.339. The van der Waals surface area contributed by atoms with Crippen molar-refractivity contribution in [2.75, 3.05) is 0 Å². The Morgan fingerprint density at radius 2 is 1.00 bits per heavy atom. The molecular formula is C47H29F6N3. The Morgan fingerprint density at radius 1 is 0.446 bits per heavy atom. The van der Waals surface area contributed by atoms with Gasteiger partial charge in [-0.3, -0.25) is 0 Å². The quantitative estimate of drug-likeness (QED) is 0.165. The first-order valence-corrected chi connectivity index (χ1v) is 17.8. The van der Waals surface area contributed by atoms with Gasteiger partial charge in [0.1, 0.15) is 0 Å². The maximum absolute atomic E-state index is 14.1. The molecule has 0 saturated heterocycles. The van der Waals surface area contributed by atoms with Crippen molar-refractivity contribution in [1.29, 1.82) is 5.26 Å². The van der Waals surface area contributed by atoms with Crippen LogP contribution in [0.25, 0.3) is 77.2 Å². The van der Waals surface area contributed by atoms with E-state index < -0.39 is 23.5 Å². The first-order valence-electron chi connectivity index (χ1n) is 17.8. The van der Waals surface area contributed by atoms with Crippen molar-refractivity contribution in [3.63, 3.8) is 0 Å². The van der Waals surface area contributed by atoms with Gasteiger partial charge in [0, 0.05) is 32.7 Å². The van der Waals surface area contributed by atoms with Gasteiger partial charge in [-0.05, 0) is 103 Å². The van der Waals surface area contributed by atoms with E-state index in [2.05, 4.69) is 16.7 Å². The number of alkyl halides is 6. The van der Waals surface area contributed by atoms with Gasteiger partial charge in [-0.2, -0.15) is 31.6 Å². The number of halogens is 6. The molecule has 9 aromatic rings. The number of nitrogens with zero attached hydrogens (tertiary/aromatic N) is 3. The van der Waals surface area contributed by atoms with E-state index in [1.807, 2.05) is 78.2 Å². The maximum Gasteiger partial charge on any atom is 0.416 e. The number of nitriles is 1.